The van der Waals surface area contributed by atoms with E-state index >= 15 is 0 Å². The van der Waals surface area contributed by atoms with Gasteiger partial charge in [-0.3, -0.25) is 4.79 Å². The van der Waals surface area contributed by atoms with Crippen LogP contribution in [0.25, 0.3) is 0 Å². The van der Waals surface area contributed by atoms with Gasteiger partial charge < -0.3 is 15.2 Å². The third-order valence-corrected chi connectivity index (χ3v) is 3.09. The molecule has 1 aromatic rings. The molecule has 18 heavy (non-hydrogen) atoms. The van der Waals surface area contributed by atoms with E-state index in [9.17, 15) is 4.79 Å². The van der Waals surface area contributed by atoms with Gasteiger partial charge in [0.15, 0.2) is 0 Å². The van der Waals surface area contributed by atoms with Crippen LogP contribution in [-0.2, 0) is 11.2 Å². The van der Waals surface area contributed by atoms with Crippen LogP contribution in [0.4, 0.5) is 0 Å². The van der Waals surface area contributed by atoms with Crippen LogP contribution in [0.1, 0.15) is 31.7 Å². The van der Waals surface area contributed by atoms with Crippen molar-refractivity contribution in [2.45, 2.75) is 39.7 Å². The SMILES string of the molecule is Cc1cc(CC(=O)N(C)CCC(N)C(C)C)no1. The fourth-order valence-electron chi connectivity index (χ4n) is 1.59. The molecule has 0 saturated heterocycles. The Kier molecular flexibility index (Phi) is 5.34. The summed E-state index contributed by atoms with van der Waals surface area (Å²) in [4.78, 5) is 13.6. The van der Waals surface area contributed by atoms with Crippen molar-refractivity contribution in [3.05, 3.63) is 17.5 Å². The summed E-state index contributed by atoms with van der Waals surface area (Å²) in [6, 6.07) is 1.92. The molecule has 0 aliphatic rings. The summed E-state index contributed by atoms with van der Waals surface area (Å²) < 4.78 is 4.93. The van der Waals surface area contributed by atoms with Crippen molar-refractivity contribution in [1.82, 2.24) is 10.1 Å². The van der Waals surface area contributed by atoms with E-state index in [1.165, 1.54) is 0 Å². The molecule has 0 aliphatic heterocycles. The fourth-order valence-corrected chi connectivity index (χ4v) is 1.59. The first-order chi connectivity index (χ1) is 8.40. The van der Waals surface area contributed by atoms with E-state index in [1.54, 1.807) is 18.0 Å². The van der Waals surface area contributed by atoms with Crippen LogP contribution in [-0.4, -0.2) is 35.6 Å². The quantitative estimate of drug-likeness (QED) is 0.830. The third kappa shape index (κ3) is 4.49. The second-order valence-corrected chi connectivity index (χ2v) is 5.12. The van der Waals surface area contributed by atoms with Gasteiger partial charge in [0.2, 0.25) is 5.91 Å². The van der Waals surface area contributed by atoms with Crippen molar-refractivity contribution < 1.29 is 9.32 Å². The monoisotopic (exact) mass is 253 g/mol. The predicted octanol–water partition coefficient (Wildman–Crippen LogP) is 1.36. The van der Waals surface area contributed by atoms with Crippen LogP contribution in [0.5, 0.6) is 0 Å². The number of nitrogens with zero attached hydrogens (tertiary/aromatic N) is 2. The van der Waals surface area contributed by atoms with Gasteiger partial charge in [0.25, 0.3) is 0 Å². The predicted molar refractivity (Wildman–Crippen MR) is 70.0 cm³/mol. The molecule has 1 rings (SSSR count). The Morgan fingerprint density at radius 2 is 2.22 bits per heavy atom. The molecular weight excluding hydrogens is 230 g/mol. The number of aromatic nitrogens is 1. The van der Waals surface area contributed by atoms with Gasteiger partial charge in [-0.05, 0) is 19.3 Å². The molecule has 0 fully saturated rings. The summed E-state index contributed by atoms with van der Waals surface area (Å²) in [6.45, 7) is 6.66. The summed E-state index contributed by atoms with van der Waals surface area (Å²) in [7, 11) is 1.79. The number of carbonyl (C=O) groups is 1. The maximum absolute atomic E-state index is 11.9. The van der Waals surface area contributed by atoms with Gasteiger partial charge in [-0.15, -0.1) is 0 Å². The van der Waals surface area contributed by atoms with E-state index in [4.69, 9.17) is 10.3 Å². The van der Waals surface area contributed by atoms with E-state index in [-0.39, 0.29) is 18.4 Å². The molecule has 0 saturated carbocycles. The van der Waals surface area contributed by atoms with Gasteiger partial charge in [-0.25, -0.2) is 0 Å². The van der Waals surface area contributed by atoms with E-state index < -0.39 is 0 Å². The Bertz CT molecular complexity index is 387. The van der Waals surface area contributed by atoms with Crippen LogP contribution in [0.2, 0.25) is 0 Å². The molecule has 1 amide bonds. The zero-order chi connectivity index (χ0) is 13.7. The van der Waals surface area contributed by atoms with Crippen molar-refractivity contribution in [3.63, 3.8) is 0 Å². The minimum absolute atomic E-state index is 0.0410. The second-order valence-electron chi connectivity index (χ2n) is 5.12. The Labute approximate surface area is 108 Å². The number of nitrogens with two attached hydrogens (primary N) is 1. The molecule has 0 aliphatic carbocycles. The van der Waals surface area contributed by atoms with Crippen molar-refractivity contribution in [1.29, 1.82) is 0 Å². The second kappa shape index (κ2) is 6.54. The number of carbonyl (C=O) groups excluding carboxylic acids is 1. The molecule has 1 heterocycles. The molecule has 0 aromatic carbocycles. The molecule has 1 atom stereocenters. The summed E-state index contributed by atoms with van der Waals surface area (Å²) in [5.74, 6) is 1.20. The first-order valence-corrected chi connectivity index (χ1v) is 6.32. The van der Waals surface area contributed by atoms with Crippen molar-refractivity contribution in [3.8, 4) is 0 Å². The average Bonchev–Trinajstić information content (AvgIpc) is 2.70. The molecule has 1 unspecified atom stereocenters. The third-order valence-electron chi connectivity index (χ3n) is 3.09. The first-order valence-electron chi connectivity index (χ1n) is 6.32. The molecule has 1 aromatic heterocycles. The molecule has 0 bridgehead atoms. The van der Waals surface area contributed by atoms with E-state index in [1.807, 2.05) is 6.92 Å². The molecule has 0 spiro atoms. The largest absolute Gasteiger partial charge is 0.361 e. The normalized spacial score (nSPS) is 12.8. The maximum Gasteiger partial charge on any atom is 0.228 e. The van der Waals surface area contributed by atoms with Gasteiger partial charge in [-0.2, -0.15) is 0 Å². The topological polar surface area (TPSA) is 72.4 Å². The molecular formula is C13H23N3O2. The maximum atomic E-state index is 11.9. The molecule has 0 radical (unpaired) electrons. The number of amides is 1. The number of hydrogen-bond acceptors (Lipinski definition) is 4. The summed E-state index contributed by atoms with van der Waals surface area (Å²) in [5, 5.41) is 3.81. The van der Waals surface area contributed by atoms with E-state index in [0.29, 0.717) is 18.2 Å². The fraction of sp³-hybridized carbons (Fsp3) is 0.692. The van der Waals surface area contributed by atoms with Crippen LogP contribution < -0.4 is 5.73 Å². The van der Waals surface area contributed by atoms with Gasteiger partial charge in [0.1, 0.15) is 5.76 Å². The van der Waals surface area contributed by atoms with Crippen LogP contribution in [0.15, 0.2) is 10.6 Å². The lowest BCUT2D eigenvalue weighted by Gasteiger charge is -2.21. The molecule has 5 nitrogen and oxygen atoms in total. The highest BCUT2D eigenvalue weighted by atomic mass is 16.5. The smallest absolute Gasteiger partial charge is 0.228 e. The lowest BCUT2D eigenvalue weighted by Crippen LogP contribution is -2.35. The highest BCUT2D eigenvalue weighted by Gasteiger charge is 2.14. The minimum Gasteiger partial charge on any atom is -0.361 e. The lowest BCUT2D eigenvalue weighted by molar-refractivity contribution is -0.129. The van der Waals surface area contributed by atoms with Crippen molar-refractivity contribution in [2.24, 2.45) is 11.7 Å². The number of rotatable bonds is 6. The van der Waals surface area contributed by atoms with Crippen LogP contribution >= 0.6 is 0 Å². The minimum atomic E-state index is 0.0410. The van der Waals surface area contributed by atoms with Gasteiger partial charge in [-0.1, -0.05) is 19.0 Å². The summed E-state index contributed by atoms with van der Waals surface area (Å²) in [6.07, 6.45) is 1.10. The van der Waals surface area contributed by atoms with Crippen molar-refractivity contribution >= 4 is 5.91 Å². The summed E-state index contributed by atoms with van der Waals surface area (Å²) >= 11 is 0. The van der Waals surface area contributed by atoms with Crippen molar-refractivity contribution in [2.75, 3.05) is 13.6 Å². The zero-order valence-electron chi connectivity index (χ0n) is 11.6. The van der Waals surface area contributed by atoms with Crippen LogP contribution in [0.3, 0.4) is 0 Å². The average molecular weight is 253 g/mol. The Balaban J connectivity index is 2.37. The van der Waals surface area contributed by atoms with Gasteiger partial charge in [0, 0.05) is 25.7 Å². The van der Waals surface area contributed by atoms with Gasteiger partial charge in [0.05, 0.1) is 12.1 Å². The zero-order valence-corrected chi connectivity index (χ0v) is 11.6. The highest BCUT2D eigenvalue weighted by Crippen LogP contribution is 2.06. The number of hydrogen-bond donors (Lipinski definition) is 1. The van der Waals surface area contributed by atoms with Crippen LogP contribution in [0, 0.1) is 12.8 Å². The summed E-state index contributed by atoms with van der Waals surface area (Å²) in [5.41, 5.74) is 6.63. The lowest BCUT2D eigenvalue weighted by atomic mass is 10.0. The van der Waals surface area contributed by atoms with Gasteiger partial charge >= 0.3 is 0 Å². The highest BCUT2D eigenvalue weighted by molar-refractivity contribution is 5.78. The van der Waals surface area contributed by atoms with E-state index in [0.717, 1.165) is 12.2 Å². The Hall–Kier alpha value is -1.36. The standard InChI is InChI=1S/C13H23N3O2/c1-9(2)12(14)5-6-16(4)13(17)8-11-7-10(3)18-15-11/h7,9,12H,5-6,8,14H2,1-4H3. The molecule has 102 valence electrons. The molecule has 2 N–H and O–H groups in total. The number of likely N-dealkylation sites (N-methyl/N-ethyl adjacent to an activating group) is 1. The molecule has 5 heteroatoms. The van der Waals surface area contributed by atoms with E-state index in [2.05, 4.69) is 19.0 Å². The Morgan fingerprint density at radius 3 is 2.72 bits per heavy atom. The Morgan fingerprint density at radius 1 is 1.56 bits per heavy atom. The first kappa shape index (κ1) is 14.7. The number of aryl methyl sites for hydroxylation is 1.